The molecular weight excluding hydrogens is 332 g/mol. The highest BCUT2D eigenvalue weighted by atomic mass is 32.1. The van der Waals surface area contributed by atoms with Crippen LogP contribution in [0.5, 0.6) is 0 Å². The maximum absolute atomic E-state index is 5.59. The third kappa shape index (κ3) is 3.85. The van der Waals surface area contributed by atoms with Crippen molar-refractivity contribution in [2.24, 2.45) is 11.3 Å². The summed E-state index contributed by atoms with van der Waals surface area (Å²) in [5.74, 6) is 1.71. The molecule has 1 spiro atoms. The average molecular weight is 361 g/mol. The number of likely N-dealkylation sites (tertiary alicyclic amines) is 2. The molecule has 0 radical (unpaired) electrons. The molecule has 4 rings (SSSR count). The van der Waals surface area contributed by atoms with E-state index in [0.717, 1.165) is 32.0 Å². The van der Waals surface area contributed by atoms with Gasteiger partial charge in [0.2, 0.25) is 0 Å². The van der Waals surface area contributed by atoms with Crippen LogP contribution in [0.1, 0.15) is 24.2 Å². The molecule has 0 aliphatic carbocycles. The summed E-state index contributed by atoms with van der Waals surface area (Å²) in [6.07, 6.45) is 4.33. The number of methoxy groups -OCH3 is 1. The van der Waals surface area contributed by atoms with Crippen LogP contribution in [0.3, 0.4) is 0 Å². The molecule has 2 aromatic rings. The van der Waals surface area contributed by atoms with Crippen LogP contribution in [0.2, 0.25) is 0 Å². The maximum atomic E-state index is 5.59. The maximum Gasteiger partial charge on any atom is 0.117 e. The predicted octanol–water partition coefficient (Wildman–Crippen LogP) is 3.70. The Labute approximate surface area is 154 Å². The molecule has 0 aromatic carbocycles. The first kappa shape index (κ1) is 17.3. The van der Waals surface area contributed by atoms with E-state index < -0.39 is 0 Å². The van der Waals surface area contributed by atoms with E-state index in [2.05, 4.69) is 32.7 Å². The third-order valence-electron chi connectivity index (χ3n) is 6.05. The zero-order valence-corrected chi connectivity index (χ0v) is 15.8. The molecule has 1 atom stereocenters. The van der Waals surface area contributed by atoms with Crippen molar-refractivity contribution in [1.29, 1.82) is 0 Å². The van der Waals surface area contributed by atoms with Crippen LogP contribution in [-0.2, 0) is 17.8 Å². The first-order valence-corrected chi connectivity index (χ1v) is 10.2. The van der Waals surface area contributed by atoms with Gasteiger partial charge in [-0.2, -0.15) is 11.3 Å². The highest BCUT2D eigenvalue weighted by Gasteiger charge is 2.47. The molecular formula is C20H28N2O2S. The van der Waals surface area contributed by atoms with Gasteiger partial charge in [0.25, 0.3) is 0 Å². The van der Waals surface area contributed by atoms with Crippen molar-refractivity contribution in [2.75, 3.05) is 39.9 Å². The van der Waals surface area contributed by atoms with Gasteiger partial charge in [0.1, 0.15) is 5.76 Å². The Morgan fingerprint density at radius 3 is 2.80 bits per heavy atom. The molecule has 4 nitrogen and oxygen atoms in total. The molecule has 2 fully saturated rings. The first-order valence-electron chi connectivity index (χ1n) is 9.24. The van der Waals surface area contributed by atoms with E-state index in [1.165, 1.54) is 38.0 Å². The van der Waals surface area contributed by atoms with Crippen LogP contribution in [0.4, 0.5) is 0 Å². The van der Waals surface area contributed by atoms with Crippen LogP contribution in [0.15, 0.2) is 39.6 Å². The molecule has 136 valence electrons. The Kier molecular flexibility index (Phi) is 5.27. The number of furan rings is 1. The Balaban J connectivity index is 1.38. The van der Waals surface area contributed by atoms with Crippen molar-refractivity contribution in [3.05, 3.63) is 46.5 Å². The second-order valence-corrected chi connectivity index (χ2v) is 8.45. The summed E-state index contributed by atoms with van der Waals surface area (Å²) in [5, 5.41) is 4.46. The summed E-state index contributed by atoms with van der Waals surface area (Å²) >= 11 is 1.80. The lowest BCUT2D eigenvalue weighted by molar-refractivity contribution is 0.0350. The van der Waals surface area contributed by atoms with Gasteiger partial charge >= 0.3 is 0 Å². The minimum atomic E-state index is 0.410. The number of rotatable bonds is 6. The standard InChI is InChI=1S/C20H28N2O2S/c1-23-14-18-12-22(13-19-3-2-9-24-19)16-20(18)5-7-21(8-6-20)11-17-4-10-25-15-17/h2-4,9-10,15,18H,5-8,11-14,16H2,1H3/t18-/m1/s1. The van der Waals surface area contributed by atoms with E-state index in [1.807, 2.05) is 13.2 Å². The van der Waals surface area contributed by atoms with Crippen molar-refractivity contribution in [3.8, 4) is 0 Å². The van der Waals surface area contributed by atoms with E-state index in [4.69, 9.17) is 9.15 Å². The molecule has 2 aliphatic heterocycles. The number of nitrogens with zero attached hydrogens (tertiary/aromatic N) is 2. The van der Waals surface area contributed by atoms with Gasteiger partial charge < -0.3 is 9.15 Å². The number of hydrogen-bond acceptors (Lipinski definition) is 5. The van der Waals surface area contributed by atoms with Crippen molar-refractivity contribution < 1.29 is 9.15 Å². The zero-order chi connectivity index (χ0) is 17.1. The Morgan fingerprint density at radius 1 is 1.24 bits per heavy atom. The highest BCUT2D eigenvalue weighted by molar-refractivity contribution is 7.07. The summed E-state index contributed by atoms with van der Waals surface area (Å²) in [6.45, 7) is 7.60. The largest absolute Gasteiger partial charge is 0.468 e. The van der Waals surface area contributed by atoms with E-state index in [0.29, 0.717) is 11.3 Å². The molecule has 4 heterocycles. The van der Waals surface area contributed by atoms with Gasteiger partial charge in [0, 0.05) is 32.7 Å². The number of piperidine rings is 1. The van der Waals surface area contributed by atoms with Crippen LogP contribution >= 0.6 is 11.3 Å². The molecule has 2 aliphatic rings. The lowest BCUT2D eigenvalue weighted by Crippen LogP contribution is -2.44. The van der Waals surface area contributed by atoms with E-state index in [9.17, 15) is 0 Å². The van der Waals surface area contributed by atoms with Gasteiger partial charge in [-0.1, -0.05) is 0 Å². The Morgan fingerprint density at radius 2 is 2.12 bits per heavy atom. The van der Waals surface area contributed by atoms with Gasteiger partial charge in [0.05, 0.1) is 19.4 Å². The fraction of sp³-hybridized carbons (Fsp3) is 0.600. The fourth-order valence-electron chi connectivity index (χ4n) is 4.68. The molecule has 2 aromatic heterocycles. The fourth-order valence-corrected chi connectivity index (χ4v) is 5.34. The first-order chi connectivity index (χ1) is 12.3. The van der Waals surface area contributed by atoms with Crippen LogP contribution < -0.4 is 0 Å². The van der Waals surface area contributed by atoms with Gasteiger partial charge in [0.15, 0.2) is 0 Å². The average Bonchev–Trinajstić information content (AvgIpc) is 3.34. The number of hydrogen-bond donors (Lipinski definition) is 0. The van der Waals surface area contributed by atoms with Gasteiger partial charge in [-0.05, 0) is 65.9 Å². The number of thiophene rings is 1. The lowest BCUT2D eigenvalue weighted by Gasteiger charge is -2.42. The van der Waals surface area contributed by atoms with Gasteiger partial charge in [-0.3, -0.25) is 9.80 Å². The summed E-state index contributed by atoms with van der Waals surface area (Å²) in [7, 11) is 1.84. The molecule has 5 heteroatoms. The summed E-state index contributed by atoms with van der Waals surface area (Å²) in [5.41, 5.74) is 1.87. The smallest absolute Gasteiger partial charge is 0.117 e. The van der Waals surface area contributed by atoms with Crippen molar-refractivity contribution in [1.82, 2.24) is 9.80 Å². The van der Waals surface area contributed by atoms with Crippen LogP contribution in [0, 0.1) is 11.3 Å². The van der Waals surface area contributed by atoms with Gasteiger partial charge in [-0.15, -0.1) is 0 Å². The minimum Gasteiger partial charge on any atom is -0.468 e. The monoisotopic (exact) mass is 360 g/mol. The minimum absolute atomic E-state index is 0.410. The molecule has 0 saturated carbocycles. The Bertz CT molecular complexity index is 633. The van der Waals surface area contributed by atoms with Crippen LogP contribution in [-0.4, -0.2) is 49.7 Å². The van der Waals surface area contributed by atoms with Crippen molar-refractivity contribution in [3.63, 3.8) is 0 Å². The number of ether oxygens (including phenoxy) is 1. The second-order valence-electron chi connectivity index (χ2n) is 7.67. The SMILES string of the molecule is COC[C@H]1CN(Cc2ccco2)CC12CCN(Cc1ccsc1)CC2. The highest BCUT2D eigenvalue weighted by Crippen LogP contribution is 2.45. The Hall–Kier alpha value is -1.14. The van der Waals surface area contributed by atoms with Crippen LogP contribution in [0.25, 0.3) is 0 Å². The summed E-state index contributed by atoms with van der Waals surface area (Å²) < 4.78 is 11.1. The molecule has 25 heavy (non-hydrogen) atoms. The molecule has 0 bridgehead atoms. The summed E-state index contributed by atoms with van der Waals surface area (Å²) in [6, 6.07) is 6.32. The van der Waals surface area contributed by atoms with E-state index in [1.54, 1.807) is 17.6 Å². The normalized spacial score (nSPS) is 24.3. The summed E-state index contributed by atoms with van der Waals surface area (Å²) in [4.78, 5) is 5.18. The molecule has 0 unspecified atom stereocenters. The third-order valence-corrected chi connectivity index (χ3v) is 6.78. The molecule has 2 saturated heterocycles. The quantitative estimate of drug-likeness (QED) is 0.785. The van der Waals surface area contributed by atoms with E-state index >= 15 is 0 Å². The topological polar surface area (TPSA) is 28.9 Å². The van der Waals surface area contributed by atoms with Crippen molar-refractivity contribution in [2.45, 2.75) is 25.9 Å². The predicted molar refractivity (Wildman–Crippen MR) is 101 cm³/mol. The molecule has 0 amide bonds. The zero-order valence-electron chi connectivity index (χ0n) is 15.0. The molecule has 0 N–H and O–H groups in total. The van der Waals surface area contributed by atoms with E-state index in [-0.39, 0.29) is 0 Å². The second kappa shape index (κ2) is 7.62. The lowest BCUT2D eigenvalue weighted by atomic mass is 9.71. The van der Waals surface area contributed by atoms with Gasteiger partial charge in [-0.25, -0.2) is 0 Å². The van der Waals surface area contributed by atoms with Crippen molar-refractivity contribution >= 4 is 11.3 Å².